The highest BCUT2D eigenvalue weighted by Crippen LogP contribution is 2.34. The molecule has 2 aliphatic carbocycles. The Hall–Kier alpha value is -1.43. The molecule has 0 radical (unpaired) electrons. The first-order chi connectivity index (χ1) is 10.7. The van der Waals surface area contributed by atoms with E-state index in [1.807, 2.05) is 4.90 Å². The number of amides is 1. The lowest BCUT2D eigenvalue weighted by Crippen LogP contribution is -2.41. The first-order valence-corrected chi connectivity index (χ1v) is 8.49. The predicted octanol–water partition coefficient (Wildman–Crippen LogP) is 1.56. The van der Waals surface area contributed by atoms with E-state index in [1.165, 1.54) is 31.4 Å². The minimum absolute atomic E-state index is 0.0621. The van der Waals surface area contributed by atoms with Gasteiger partial charge >= 0.3 is 0 Å². The van der Waals surface area contributed by atoms with Crippen molar-refractivity contribution in [1.29, 1.82) is 0 Å². The van der Waals surface area contributed by atoms with Crippen LogP contribution in [-0.4, -0.2) is 45.6 Å². The molecule has 1 aliphatic heterocycles. The average molecular weight is 304 g/mol. The molecule has 1 aromatic heterocycles. The lowest BCUT2D eigenvalue weighted by atomic mass is 10.0. The number of hydrogen-bond acceptors (Lipinski definition) is 4. The molecular formula is C16H24N4O2. The molecule has 4 rings (SSSR count). The van der Waals surface area contributed by atoms with Crippen LogP contribution in [0.2, 0.25) is 0 Å². The lowest BCUT2D eigenvalue weighted by Gasteiger charge is -2.34. The molecule has 1 atom stereocenters. The van der Waals surface area contributed by atoms with Crippen LogP contribution < -0.4 is 0 Å². The first-order valence-electron chi connectivity index (χ1n) is 8.49. The highest BCUT2D eigenvalue weighted by atomic mass is 16.5. The van der Waals surface area contributed by atoms with Crippen molar-refractivity contribution in [2.24, 2.45) is 11.8 Å². The molecule has 120 valence electrons. The summed E-state index contributed by atoms with van der Waals surface area (Å²) in [6, 6.07) is -0.0621. The summed E-state index contributed by atoms with van der Waals surface area (Å²) in [6.45, 7) is 4.72. The van der Waals surface area contributed by atoms with E-state index in [0.29, 0.717) is 6.61 Å². The molecule has 1 aromatic rings. The van der Waals surface area contributed by atoms with Crippen LogP contribution in [0.25, 0.3) is 0 Å². The van der Waals surface area contributed by atoms with E-state index in [0.717, 1.165) is 43.6 Å². The summed E-state index contributed by atoms with van der Waals surface area (Å²) in [5, 5.41) is 8.75. The molecular weight excluding hydrogens is 280 g/mol. The number of carbonyl (C=O) groups excluding carboxylic acids is 1. The Labute approximate surface area is 130 Å². The van der Waals surface area contributed by atoms with Gasteiger partial charge in [-0.2, -0.15) is 0 Å². The van der Waals surface area contributed by atoms with Crippen molar-refractivity contribution in [3.63, 3.8) is 0 Å². The maximum atomic E-state index is 11.9. The van der Waals surface area contributed by atoms with Gasteiger partial charge in [0.25, 0.3) is 0 Å². The number of aromatic nitrogens is 3. The van der Waals surface area contributed by atoms with Crippen molar-refractivity contribution >= 4 is 5.91 Å². The number of carbonyl (C=O) groups is 1. The molecule has 0 spiro atoms. The fourth-order valence-electron chi connectivity index (χ4n) is 3.26. The molecule has 0 N–H and O–H groups in total. The molecule has 0 bridgehead atoms. The van der Waals surface area contributed by atoms with Gasteiger partial charge in [0.1, 0.15) is 11.7 Å². The summed E-state index contributed by atoms with van der Waals surface area (Å²) in [7, 11) is 0. The number of rotatable bonds is 6. The van der Waals surface area contributed by atoms with Gasteiger partial charge in [-0.15, -0.1) is 5.10 Å². The monoisotopic (exact) mass is 304 g/mol. The molecule has 0 aromatic carbocycles. The number of fused-ring (bicyclic) bond motifs is 1. The minimum atomic E-state index is -0.0621. The van der Waals surface area contributed by atoms with Crippen LogP contribution in [0, 0.1) is 11.8 Å². The summed E-state index contributed by atoms with van der Waals surface area (Å²) in [4.78, 5) is 13.8. The van der Waals surface area contributed by atoms with Gasteiger partial charge in [-0.3, -0.25) is 4.79 Å². The van der Waals surface area contributed by atoms with Crippen LogP contribution in [-0.2, 0) is 22.5 Å². The second-order valence-corrected chi connectivity index (χ2v) is 7.01. The molecule has 3 aliphatic rings. The van der Waals surface area contributed by atoms with Crippen molar-refractivity contribution in [2.75, 3.05) is 19.8 Å². The van der Waals surface area contributed by atoms with E-state index in [1.54, 1.807) is 6.92 Å². The SMILES string of the molecule is CC(=O)N1CCc2c(nnn2CC2CC2)C1COCC1CC1. The van der Waals surface area contributed by atoms with Gasteiger partial charge in [-0.1, -0.05) is 5.21 Å². The number of hydrogen-bond donors (Lipinski definition) is 0. The largest absolute Gasteiger partial charge is 0.379 e. The van der Waals surface area contributed by atoms with Gasteiger partial charge in [0.2, 0.25) is 5.91 Å². The van der Waals surface area contributed by atoms with Crippen LogP contribution in [0.5, 0.6) is 0 Å². The Kier molecular flexibility index (Phi) is 3.64. The van der Waals surface area contributed by atoms with Crippen molar-refractivity contribution in [2.45, 2.75) is 51.6 Å². The number of ether oxygens (including phenoxy) is 1. The Morgan fingerprint density at radius 3 is 2.68 bits per heavy atom. The fraction of sp³-hybridized carbons (Fsp3) is 0.812. The van der Waals surface area contributed by atoms with Crippen LogP contribution in [0.15, 0.2) is 0 Å². The second-order valence-electron chi connectivity index (χ2n) is 7.01. The standard InChI is InChI=1S/C16H24N4O2/c1-11(21)19-7-6-14-16(15(19)10-22-9-13-4-5-13)17-18-20(14)8-12-2-3-12/h12-13,15H,2-10H2,1H3. The molecule has 2 heterocycles. The predicted molar refractivity (Wildman–Crippen MR) is 80.1 cm³/mol. The Morgan fingerprint density at radius 2 is 2.00 bits per heavy atom. The third-order valence-corrected chi connectivity index (χ3v) is 5.01. The second kappa shape index (κ2) is 5.65. The van der Waals surface area contributed by atoms with Gasteiger partial charge in [0, 0.05) is 33.0 Å². The van der Waals surface area contributed by atoms with Gasteiger partial charge in [0.05, 0.1) is 12.3 Å². The summed E-state index contributed by atoms with van der Waals surface area (Å²) in [6.07, 6.45) is 6.03. The molecule has 22 heavy (non-hydrogen) atoms. The van der Waals surface area contributed by atoms with Crippen molar-refractivity contribution in [1.82, 2.24) is 19.9 Å². The first kappa shape index (κ1) is 14.2. The van der Waals surface area contributed by atoms with E-state index in [2.05, 4.69) is 15.0 Å². The van der Waals surface area contributed by atoms with Gasteiger partial charge < -0.3 is 9.64 Å². The number of nitrogens with zero attached hydrogens (tertiary/aromatic N) is 4. The highest BCUT2D eigenvalue weighted by Gasteiger charge is 2.35. The summed E-state index contributed by atoms with van der Waals surface area (Å²) in [5.41, 5.74) is 2.17. The van der Waals surface area contributed by atoms with Crippen LogP contribution in [0.4, 0.5) is 0 Å². The molecule has 2 saturated carbocycles. The zero-order valence-electron chi connectivity index (χ0n) is 13.2. The third-order valence-electron chi connectivity index (χ3n) is 5.01. The molecule has 6 heteroatoms. The zero-order valence-corrected chi connectivity index (χ0v) is 13.2. The lowest BCUT2D eigenvalue weighted by molar-refractivity contribution is -0.133. The van der Waals surface area contributed by atoms with Crippen molar-refractivity contribution in [3.05, 3.63) is 11.4 Å². The van der Waals surface area contributed by atoms with Gasteiger partial charge in [0.15, 0.2) is 0 Å². The van der Waals surface area contributed by atoms with E-state index < -0.39 is 0 Å². The maximum Gasteiger partial charge on any atom is 0.220 e. The zero-order chi connectivity index (χ0) is 15.1. The van der Waals surface area contributed by atoms with Crippen molar-refractivity contribution < 1.29 is 9.53 Å². The summed E-state index contributed by atoms with van der Waals surface area (Å²) >= 11 is 0. The Morgan fingerprint density at radius 1 is 1.23 bits per heavy atom. The maximum absolute atomic E-state index is 11.9. The molecule has 2 fully saturated rings. The van der Waals surface area contributed by atoms with Crippen molar-refractivity contribution in [3.8, 4) is 0 Å². The van der Waals surface area contributed by atoms with E-state index in [4.69, 9.17) is 4.74 Å². The summed E-state index contributed by atoms with van der Waals surface area (Å²) < 4.78 is 7.93. The van der Waals surface area contributed by atoms with Gasteiger partial charge in [-0.05, 0) is 37.5 Å². The van der Waals surface area contributed by atoms with E-state index in [9.17, 15) is 4.79 Å². The summed E-state index contributed by atoms with van der Waals surface area (Å²) in [5.74, 6) is 1.61. The smallest absolute Gasteiger partial charge is 0.220 e. The molecule has 1 amide bonds. The fourth-order valence-corrected chi connectivity index (χ4v) is 3.26. The van der Waals surface area contributed by atoms with E-state index in [-0.39, 0.29) is 11.9 Å². The molecule has 0 saturated heterocycles. The molecule has 1 unspecified atom stereocenters. The molecule has 6 nitrogen and oxygen atoms in total. The third kappa shape index (κ3) is 2.89. The highest BCUT2D eigenvalue weighted by molar-refractivity contribution is 5.74. The van der Waals surface area contributed by atoms with Crippen LogP contribution >= 0.6 is 0 Å². The Balaban J connectivity index is 1.51. The topological polar surface area (TPSA) is 60.2 Å². The van der Waals surface area contributed by atoms with Crippen LogP contribution in [0.1, 0.15) is 50.0 Å². The average Bonchev–Trinajstić information content (AvgIpc) is 3.40. The van der Waals surface area contributed by atoms with Crippen LogP contribution in [0.3, 0.4) is 0 Å². The van der Waals surface area contributed by atoms with Gasteiger partial charge in [-0.25, -0.2) is 4.68 Å². The Bertz CT molecular complexity index is 562. The van der Waals surface area contributed by atoms with E-state index >= 15 is 0 Å². The quantitative estimate of drug-likeness (QED) is 0.800. The minimum Gasteiger partial charge on any atom is -0.379 e. The normalized spacial score (nSPS) is 24.4.